The molecule has 1 N–H and O–H groups in total. The largest absolute Gasteiger partial charge is 0.450 e. The van der Waals surface area contributed by atoms with E-state index >= 15 is 0 Å². The van der Waals surface area contributed by atoms with Gasteiger partial charge in [-0.1, -0.05) is 30.3 Å². The van der Waals surface area contributed by atoms with Gasteiger partial charge in [0.2, 0.25) is 0 Å². The zero-order valence-corrected chi connectivity index (χ0v) is 14.5. The summed E-state index contributed by atoms with van der Waals surface area (Å²) in [5.41, 5.74) is 1.19. The monoisotopic (exact) mass is 340 g/mol. The normalized spacial score (nSPS) is 17.2. The number of alkyl carbamates (subject to hydrolysis) is 1. The molecule has 1 aromatic heterocycles. The number of carbonyl (C=O) groups is 1. The fourth-order valence-electron chi connectivity index (χ4n) is 3.07. The molecule has 0 saturated carbocycles. The van der Waals surface area contributed by atoms with Crippen molar-refractivity contribution in [2.45, 2.75) is 32.2 Å². The van der Waals surface area contributed by atoms with Crippen LogP contribution < -0.4 is 10.2 Å². The van der Waals surface area contributed by atoms with Gasteiger partial charge in [0.1, 0.15) is 11.6 Å². The fourth-order valence-corrected chi connectivity index (χ4v) is 3.07. The maximum atomic E-state index is 11.6. The second-order valence-corrected chi connectivity index (χ2v) is 6.14. The van der Waals surface area contributed by atoms with Crippen LogP contribution in [0.2, 0.25) is 0 Å². The Bertz CT molecular complexity index is 693. The number of carbonyl (C=O) groups excluding carboxylic acids is 1. The van der Waals surface area contributed by atoms with Crippen molar-refractivity contribution in [3.05, 3.63) is 54.0 Å². The number of piperidine rings is 1. The molecule has 0 spiro atoms. The molecule has 6 nitrogen and oxygen atoms in total. The highest BCUT2D eigenvalue weighted by molar-refractivity contribution is 5.67. The number of nitrogens with zero attached hydrogens (tertiary/aromatic N) is 3. The average Bonchev–Trinajstić information content (AvgIpc) is 2.63. The maximum absolute atomic E-state index is 11.6. The van der Waals surface area contributed by atoms with E-state index in [9.17, 15) is 4.79 Å². The van der Waals surface area contributed by atoms with Crippen LogP contribution in [0.15, 0.2) is 42.6 Å². The smallest absolute Gasteiger partial charge is 0.407 e. The average molecular weight is 340 g/mol. The first-order valence-corrected chi connectivity index (χ1v) is 8.78. The van der Waals surface area contributed by atoms with Gasteiger partial charge in [-0.15, -0.1) is 0 Å². The summed E-state index contributed by atoms with van der Waals surface area (Å²) in [5, 5.41) is 2.93. The summed E-state index contributed by atoms with van der Waals surface area (Å²) in [4.78, 5) is 22.9. The highest BCUT2D eigenvalue weighted by Crippen LogP contribution is 2.18. The molecule has 1 unspecified atom stereocenters. The van der Waals surface area contributed by atoms with Gasteiger partial charge in [0.05, 0.1) is 6.61 Å². The number of benzene rings is 1. The van der Waals surface area contributed by atoms with Crippen molar-refractivity contribution in [1.29, 1.82) is 0 Å². The van der Waals surface area contributed by atoms with E-state index in [1.807, 2.05) is 37.4 Å². The number of hydrogen-bond donors (Lipinski definition) is 1. The van der Waals surface area contributed by atoms with Crippen molar-refractivity contribution >= 4 is 11.9 Å². The summed E-state index contributed by atoms with van der Waals surface area (Å²) in [5.74, 6) is 1.72. The third kappa shape index (κ3) is 4.92. The molecular formula is C19H24N4O2. The Morgan fingerprint density at radius 3 is 2.96 bits per heavy atom. The molecule has 132 valence electrons. The van der Waals surface area contributed by atoms with Crippen LogP contribution in [0.3, 0.4) is 0 Å². The van der Waals surface area contributed by atoms with Crippen molar-refractivity contribution < 1.29 is 9.53 Å². The van der Waals surface area contributed by atoms with Crippen LogP contribution in [0.4, 0.5) is 10.6 Å². The summed E-state index contributed by atoms with van der Waals surface area (Å²) >= 11 is 0. The van der Waals surface area contributed by atoms with E-state index in [0.29, 0.717) is 13.0 Å². The SMILES string of the molecule is CCOC(=O)NC1CCCN(c2ccnc(Cc3ccccc3)n2)C1. The molecule has 0 bridgehead atoms. The number of rotatable bonds is 5. The molecular weight excluding hydrogens is 316 g/mol. The quantitative estimate of drug-likeness (QED) is 0.906. The van der Waals surface area contributed by atoms with Gasteiger partial charge >= 0.3 is 6.09 Å². The maximum Gasteiger partial charge on any atom is 0.407 e. The molecule has 1 amide bonds. The van der Waals surface area contributed by atoms with Gasteiger partial charge < -0.3 is 15.0 Å². The molecule has 2 aromatic rings. The van der Waals surface area contributed by atoms with E-state index in [4.69, 9.17) is 9.72 Å². The molecule has 0 aliphatic carbocycles. The first kappa shape index (κ1) is 17.2. The number of ether oxygens (including phenoxy) is 1. The highest BCUT2D eigenvalue weighted by Gasteiger charge is 2.23. The van der Waals surface area contributed by atoms with Gasteiger partial charge in [-0.2, -0.15) is 0 Å². The second kappa shape index (κ2) is 8.46. The van der Waals surface area contributed by atoms with E-state index in [1.54, 1.807) is 0 Å². The lowest BCUT2D eigenvalue weighted by molar-refractivity contribution is 0.146. The zero-order chi connectivity index (χ0) is 17.5. The summed E-state index contributed by atoms with van der Waals surface area (Å²) in [6, 6.07) is 12.2. The topological polar surface area (TPSA) is 67.3 Å². The van der Waals surface area contributed by atoms with Gasteiger partial charge in [-0.05, 0) is 31.4 Å². The van der Waals surface area contributed by atoms with Gasteiger partial charge in [-0.25, -0.2) is 14.8 Å². The fraction of sp³-hybridized carbons (Fsp3) is 0.421. The predicted octanol–water partition coefficient (Wildman–Crippen LogP) is 2.78. The van der Waals surface area contributed by atoms with Crippen LogP contribution >= 0.6 is 0 Å². The Morgan fingerprint density at radius 1 is 1.32 bits per heavy atom. The van der Waals surface area contributed by atoms with Crippen molar-refractivity contribution in [2.24, 2.45) is 0 Å². The van der Waals surface area contributed by atoms with Gasteiger partial charge in [-0.3, -0.25) is 0 Å². The lowest BCUT2D eigenvalue weighted by Crippen LogP contribution is -2.48. The lowest BCUT2D eigenvalue weighted by Gasteiger charge is -2.33. The Morgan fingerprint density at radius 2 is 2.16 bits per heavy atom. The molecule has 1 atom stereocenters. The number of amides is 1. The van der Waals surface area contributed by atoms with Gasteiger partial charge in [0, 0.05) is 31.7 Å². The van der Waals surface area contributed by atoms with Crippen LogP contribution in [0.5, 0.6) is 0 Å². The first-order valence-electron chi connectivity index (χ1n) is 8.78. The van der Waals surface area contributed by atoms with Crippen LogP contribution in [-0.2, 0) is 11.2 Å². The number of aromatic nitrogens is 2. The molecule has 1 aliphatic heterocycles. The highest BCUT2D eigenvalue weighted by atomic mass is 16.5. The zero-order valence-electron chi connectivity index (χ0n) is 14.5. The van der Waals surface area contributed by atoms with E-state index in [0.717, 1.165) is 37.6 Å². The lowest BCUT2D eigenvalue weighted by atomic mass is 10.1. The molecule has 6 heteroatoms. The summed E-state index contributed by atoms with van der Waals surface area (Å²) < 4.78 is 4.98. The standard InChI is InChI=1S/C19H24N4O2/c1-2-25-19(24)21-16-9-6-12-23(14-16)18-10-11-20-17(22-18)13-15-7-4-3-5-8-15/h3-5,7-8,10-11,16H,2,6,9,12-14H2,1H3,(H,21,24). The van der Waals surface area contributed by atoms with Gasteiger partial charge in [0.25, 0.3) is 0 Å². The van der Waals surface area contributed by atoms with Crippen LogP contribution in [-0.4, -0.2) is 41.8 Å². The Hall–Kier alpha value is -2.63. The molecule has 2 heterocycles. The summed E-state index contributed by atoms with van der Waals surface area (Å²) in [6.07, 6.45) is 4.14. The minimum Gasteiger partial charge on any atom is -0.450 e. The molecule has 1 aromatic carbocycles. The summed E-state index contributed by atoms with van der Waals surface area (Å²) in [7, 11) is 0. The summed E-state index contributed by atoms with van der Waals surface area (Å²) in [6.45, 7) is 3.86. The van der Waals surface area contributed by atoms with Gasteiger partial charge in [0.15, 0.2) is 0 Å². The minimum absolute atomic E-state index is 0.0836. The molecule has 25 heavy (non-hydrogen) atoms. The first-order chi connectivity index (χ1) is 12.2. The van der Waals surface area contributed by atoms with Crippen LogP contribution in [0.25, 0.3) is 0 Å². The number of hydrogen-bond acceptors (Lipinski definition) is 5. The molecule has 1 aliphatic rings. The van der Waals surface area contributed by atoms with Crippen LogP contribution in [0, 0.1) is 0 Å². The molecule has 3 rings (SSSR count). The van der Waals surface area contributed by atoms with Crippen LogP contribution in [0.1, 0.15) is 31.2 Å². The third-order valence-electron chi connectivity index (χ3n) is 4.24. The number of nitrogens with one attached hydrogen (secondary N) is 1. The predicted molar refractivity (Wildman–Crippen MR) is 96.7 cm³/mol. The van der Waals surface area contributed by atoms with Crippen molar-refractivity contribution in [2.75, 3.05) is 24.6 Å². The minimum atomic E-state index is -0.346. The van der Waals surface area contributed by atoms with E-state index in [-0.39, 0.29) is 12.1 Å². The molecule has 1 fully saturated rings. The molecule has 0 radical (unpaired) electrons. The van der Waals surface area contributed by atoms with E-state index in [1.165, 1.54) is 5.56 Å². The van der Waals surface area contributed by atoms with Crippen molar-refractivity contribution in [3.63, 3.8) is 0 Å². The van der Waals surface area contributed by atoms with Crippen molar-refractivity contribution in [1.82, 2.24) is 15.3 Å². The second-order valence-electron chi connectivity index (χ2n) is 6.14. The van der Waals surface area contributed by atoms with Crippen molar-refractivity contribution in [3.8, 4) is 0 Å². The number of anilines is 1. The third-order valence-corrected chi connectivity index (χ3v) is 4.24. The molecule has 1 saturated heterocycles. The van der Waals surface area contributed by atoms with E-state index < -0.39 is 0 Å². The Kier molecular flexibility index (Phi) is 5.82. The Balaban J connectivity index is 1.64. The van der Waals surface area contributed by atoms with E-state index in [2.05, 4.69) is 27.3 Å². The Labute approximate surface area is 148 Å².